The van der Waals surface area contributed by atoms with Gasteiger partial charge in [-0.1, -0.05) is 0 Å². The number of amides is 2. The molecular formula is C21H18F2N4O3. The van der Waals surface area contributed by atoms with Crippen LogP contribution in [0.2, 0.25) is 0 Å². The Labute approximate surface area is 170 Å². The summed E-state index contributed by atoms with van der Waals surface area (Å²) < 4.78 is 33.2. The summed E-state index contributed by atoms with van der Waals surface area (Å²) in [5, 5.41) is 9.83. The predicted octanol–water partition coefficient (Wildman–Crippen LogP) is 3.67. The Morgan fingerprint density at radius 2 is 1.93 bits per heavy atom. The molecule has 1 aromatic heterocycles. The first-order valence-electron chi connectivity index (χ1n) is 9.16. The van der Waals surface area contributed by atoms with E-state index >= 15 is 0 Å². The Kier molecular flexibility index (Phi) is 4.94. The fraction of sp³-hybridized carbons (Fsp3) is 0.190. The highest BCUT2D eigenvalue weighted by atomic mass is 19.2. The third kappa shape index (κ3) is 3.49. The zero-order valence-electron chi connectivity index (χ0n) is 16.2. The topological polar surface area (TPSA) is 85.2 Å². The molecule has 7 nitrogen and oxygen atoms in total. The number of hydrogen-bond acceptors (Lipinski definition) is 4. The van der Waals surface area contributed by atoms with Crippen LogP contribution in [0.4, 0.5) is 20.3 Å². The van der Waals surface area contributed by atoms with Gasteiger partial charge in [-0.3, -0.25) is 9.59 Å². The summed E-state index contributed by atoms with van der Waals surface area (Å²) >= 11 is 0. The number of carbonyl (C=O) groups excluding carboxylic acids is 2. The molecule has 1 atom stereocenters. The number of aromatic nitrogens is 2. The van der Waals surface area contributed by atoms with Crippen LogP contribution in [-0.4, -0.2) is 28.7 Å². The summed E-state index contributed by atoms with van der Waals surface area (Å²) in [4.78, 5) is 25.0. The van der Waals surface area contributed by atoms with Crippen LogP contribution in [0.5, 0.6) is 5.75 Å². The third-order valence-electron chi connectivity index (χ3n) is 4.93. The number of methoxy groups -OCH3 is 1. The molecule has 0 aliphatic carbocycles. The second-order valence-corrected chi connectivity index (χ2v) is 6.88. The van der Waals surface area contributed by atoms with Crippen LogP contribution < -0.4 is 15.4 Å². The second kappa shape index (κ2) is 7.58. The van der Waals surface area contributed by atoms with Gasteiger partial charge in [0.25, 0.3) is 0 Å². The lowest BCUT2D eigenvalue weighted by Crippen LogP contribution is -2.36. The van der Waals surface area contributed by atoms with E-state index in [9.17, 15) is 18.4 Å². The molecule has 9 heteroatoms. The molecule has 0 spiro atoms. The highest BCUT2D eigenvalue weighted by molar-refractivity contribution is 6.02. The minimum atomic E-state index is -1.08. The number of nitrogens with one attached hydrogen (secondary N) is 2. The maximum atomic E-state index is 13.5. The van der Waals surface area contributed by atoms with E-state index < -0.39 is 23.6 Å². The molecule has 0 unspecified atom stereocenters. The summed E-state index contributed by atoms with van der Waals surface area (Å²) in [5.41, 5.74) is 2.20. The first-order valence-corrected chi connectivity index (χ1v) is 9.16. The van der Waals surface area contributed by atoms with E-state index in [4.69, 9.17) is 4.74 Å². The average Bonchev–Trinajstić information content (AvgIpc) is 3.06. The Bertz CT molecular complexity index is 1140. The largest absolute Gasteiger partial charge is 0.497 e. The number of anilines is 2. The van der Waals surface area contributed by atoms with Gasteiger partial charge in [0.15, 0.2) is 11.6 Å². The quantitative estimate of drug-likeness (QED) is 0.685. The normalized spacial score (nSPS) is 15.3. The van der Waals surface area contributed by atoms with Crippen molar-refractivity contribution in [3.05, 3.63) is 59.7 Å². The second-order valence-electron chi connectivity index (χ2n) is 6.88. The highest BCUT2D eigenvalue weighted by Gasteiger charge is 2.34. The Morgan fingerprint density at radius 1 is 1.20 bits per heavy atom. The van der Waals surface area contributed by atoms with Crippen molar-refractivity contribution in [1.82, 2.24) is 9.78 Å². The SMILES string of the molecule is COc1ccc(-c2nn3c(c2C)NC(=O)C[C@@H]3C(=O)Nc2ccc(F)c(F)c2)cc1. The lowest BCUT2D eigenvalue weighted by Gasteiger charge is -2.24. The van der Waals surface area contributed by atoms with Gasteiger partial charge in [-0.05, 0) is 43.3 Å². The molecule has 0 saturated heterocycles. The van der Waals surface area contributed by atoms with Crippen molar-refractivity contribution in [3.63, 3.8) is 0 Å². The Hall–Kier alpha value is -3.75. The predicted molar refractivity (Wildman–Crippen MR) is 106 cm³/mol. The molecular weight excluding hydrogens is 394 g/mol. The van der Waals surface area contributed by atoms with Crippen LogP contribution in [0.15, 0.2) is 42.5 Å². The van der Waals surface area contributed by atoms with Crippen LogP contribution in [0.25, 0.3) is 11.3 Å². The van der Waals surface area contributed by atoms with E-state index in [1.165, 1.54) is 10.7 Å². The van der Waals surface area contributed by atoms with Gasteiger partial charge >= 0.3 is 0 Å². The molecule has 2 N–H and O–H groups in total. The van der Waals surface area contributed by atoms with Crippen molar-refractivity contribution in [3.8, 4) is 17.0 Å². The van der Waals surface area contributed by atoms with E-state index in [1.54, 1.807) is 26.2 Å². The molecule has 2 aromatic carbocycles. The van der Waals surface area contributed by atoms with Crippen molar-refractivity contribution in [2.24, 2.45) is 0 Å². The monoisotopic (exact) mass is 412 g/mol. The molecule has 3 aromatic rings. The van der Waals surface area contributed by atoms with Gasteiger partial charge in [0.05, 0.1) is 19.2 Å². The van der Waals surface area contributed by atoms with Gasteiger partial charge < -0.3 is 15.4 Å². The van der Waals surface area contributed by atoms with Gasteiger partial charge in [-0.15, -0.1) is 0 Å². The van der Waals surface area contributed by atoms with Gasteiger partial charge in [0.2, 0.25) is 11.8 Å². The number of rotatable bonds is 4. The Balaban J connectivity index is 1.67. The molecule has 1 aliphatic heterocycles. The summed E-state index contributed by atoms with van der Waals surface area (Å²) in [6.07, 6.45) is -0.133. The van der Waals surface area contributed by atoms with Gasteiger partial charge in [0, 0.05) is 22.9 Å². The van der Waals surface area contributed by atoms with E-state index in [0.717, 1.165) is 17.7 Å². The van der Waals surface area contributed by atoms with E-state index in [0.29, 0.717) is 22.8 Å². The molecule has 2 heterocycles. The lowest BCUT2D eigenvalue weighted by atomic mass is 10.1. The van der Waals surface area contributed by atoms with Gasteiger partial charge in [0.1, 0.15) is 17.6 Å². The van der Waals surface area contributed by atoms with Crippen molar-refractivity contribution in [1.29, 1.82) is 0 Å². The van der Waals surface area contributed by atoms with E-state index in [2.05, 4.69) is 15.7 Å². The number of carbonyl (C=O) groups is 2. The maximum Gasteiger partial charge on any atom is 0.249 e. The number of ether oxygens (including phenoxy) is 1. The number of benzene rings is 2. The van der Waals surface area contributed by atoms with Gasteiger partial charge in [-0.2, -0.15) is 5.10 Å². The summed E-state index contributed by atoms with van der Waals surface area (Å²) in [6.45, 7) is 1.80. The van der Waals surface area contributed by atoms with Crippen molar-refractivity contribution in [2.45, 2.75) is 19.4 Å². The molecule has 0 bridgehead atoms. The van der Waals surface area contributed by atoms with Crippen LogP contribution >= 0.6 is 0 Å². The molecule has 30 heavy (non-hydrogen) atoms. The fourth-order valence-electron chi connectivity index (χ4n) is 3.36. The summed E-state index contributed by atoms with van der Waals surface area (Å²) in [5.74, 6) is -1.87. The number of halogens is 2. The van der Waals surface area contributed by atoms with Gasteiger partial charge in [-0.25, -0.2) is 13.5 Å². The summed E-state index contributed by atoms with van der Waals surface area (Å²) in [7, 11) is 1.57. The smallest absolute Gasteiger partial charge is 0.249 e. The molecule has 4 rings (SSSR count). The standard InChI is InChI=1S/C21H18F2N4O3/c1-11-19(12-3-6-14(30-2)7-4-12)26-27-17(10-18(28)25-20(11)27)21(29)24-13-5-8-15(22)16(23)9-13/h3-9,17H,10H2,1-2H3,(H,24,29)(H,25,28)/t17-/m1/s1. The minimum absolute atomic E-state index is 0.0886. The number of nitrogens with zero attached hydrogens (tertiary/aromatic N) is 2. The van der Waals surface area contributed by atoms with Crippen LogP contribution in [0.3, 0.4) is 0 Å². The molecule has 0 fully saturated rings. The molecule has 1 aliphatic rings. The van der Waals surface area contributed by atoms with E-state index in [1.807, 2.05) is 12.1 Å². The average molecular weight is 412 g/mol. The van der Waals surface area contributed by atoms with Crippen molar-refractivity contribution in [2.75, 3.05) is 17.7 Å². The molecule has 154 valence electrons. The third-order valence-corrected chi connectivity index (χ3v) is 4.93. The Morgan fingerprint density at radius 3 is 2.60 bits per heavy atom. The lowest BCUT2D eigenvalue weighted by molar-refractivity contribution is -0.125. The first kappa shape index (κ1) is 19.6. The molecule has 0 radical (unpaired) electrons. The fourth-order valence-corrected chi connectivity index (χ4v) is 3.36. The maximum absolute atomic E-state index is 13.5. The zero-order valence-corrected chi connectivity index (χ0v) is 16.2. The summed E-state index contributed by atoms with van der Waals surface area (Å²) in [6, 6.07) is 9.36. The number of hydrogen-bond donors (Lipinski definition) is 2. The highest BCUT2D eigenvalue weighted by Crippen LogP contribution is 2.35. The first-order chi connectivity index (χ1) is 14.4. The molecule has 0 saturated carbocycles. The molecule has 2 amide bonds. The zero-order chi connectivity index (χ0) is 21.4. The van der Waals surface area contributed by atoms with Crippen molar-refractivity contribution >= 4 is 23.3 Å². The number of fused-ring (bicyclic) bond motifs is 1. The minimum Gasteiger partial charge on any atom is -0.497 e. The van der Waals surface area contributed by atoms with E-state index in [-0.39, 0.29) is 18.0 Å². The van der Waals surface area contributed by atoms with Crippen LogP contribution in [-0.2, 0) is 9.59 Å². The van der Waals surface area contributed by atoms with Crippen LogP contribution in [0, 0.1) is 18.6 Å². The van der Waals surface area contributed by atoms with Crippen molar-refractivity contribution < 1.29 is 23.1 Å². The van der Waals surface area contributed by atoms with Crippen LogP contribution in [0.1, 0.15) is 18.0 Å².